The van der Waals surface area contributed by atoms with Crippen molar-refractivity contribution in [3.8, 4) is 0 Å². The molecule has 0 bridgehead atoms. The van der Waals surface area contributed by atoms with Gasteiger partial charge in [0.25, 0.3) is 0 Å². The molecule has 0 radical (unpaired) electrons. The number of carbonyl (C=O) groups is 7. The molecule has 0 aromatic carbocycles. The third-order valence-electron chi connectivity index (χ3n) is 4.99. The van der Waals surface area contributed by atoms with E-state index in [1.54, 1.807) is 0 Å². The van der Waals surface area contributed by atoms with Crippen molar-refractivity contribution in [3.63, 3.8) is 0 Å². The number of hydrogen-bond donors (Lipinski definition) is 1. The molecule has 1 N–H and O–H groups in total. The zero-order valence-corrected chi connectivity index (χ0v) is 16.3. The summed E-state index contributed by atoms with van der Waals surface area (Å²) in [6, 6.07) is -2.99. The van der Waals surface area contributed by atoms with E-state index in [1.165, 1.54) is 0 Å². The van der Waals surface area contributed by atoms with Crippen LogP contribution in [0.25, 0.3) is 0 Å². The summed E-state index contributed by atoms with van der Waals surface area (Å²) in [6.07, 6.45) is -4.39. The highest BCUT2D eigenvalue weighted by molar-refractivity contribution is 5.98. The molecule has 0 aromatic rings. The predicted molar refractivity (Wildman–Crippen MR) is 93.1 cm³/mol. The van der Waals surface area contributed by atoms with E-state index in [0.29, 0.717) is 9.80 Å². The van der Waals surface area contributed by atoms with E-state index in [-0.39, 0.29) is 19.8 Å². The molecular formula is C17H19N3O11. The van der Waals surface area contributed by atoms with Gasteiger partial charge in [0.05, 0.1) is 37.4 Å². The van der Waals surface area contributed by atoms with Gasteiger partial charge in [-0.3, -0.25) is 19.2 Å². The minimum atomic E-state index is -1.24. The first-order valence-electron chi connectivity index (χ1n) is 9.26. The molecule has 0 saturated carbocycles. The molecule has 0 unspecified atom stereocenters. The monoisotopic (exact) mass is 441 g/mol. The summed E-state index contributed by atoms with van der Waals surface area (Å²) in [5, 5.41) is 8.92. The van der Waals surface area contributed by atoms with Crippen LogP contribution < -0.4 is 0 Å². The normalized spacial score (nSPS) is 25.4. The molecule has 3 heterocycles. The molecule has 0 spiro atoms. The topological polar surface area (TPSA) is 177 Å². The number of carboxylic acid groups (broad SMARTS) is 1. The molecule has 0 aromatic heterocycles. The lowest BCUT2D eigenvalue weighted by molar-refractivity contribution is -0.139. The van der Waals surface area contributed by atoms with Gasteiger partial charge in [-0.1, -0.05) is 0 Å². The molecule has 3 aliphatic heterocycles. The smallest absolute Gasteiger partial charge is 0.416 e. The standard InChI is InChI=1S/C17H19N3O11/c1-8(21)18-9(5-29-15(18)26)2-12(22)19-10(6-30-16(19)27)3-13(23)20-11(4-14(24)25)7-31-17(20)28/h9-11H,2-7H2,1H3,(H,24,25)/t9-,10-,11-/m0/s1. The van der Waals surface area contributed by atoms with Crippen LogP contribution in [0.4, 0.5) is 14.4 Å². The third kappa shape index (κ3) is 4.41. The second-order valence-corrected chi connectivity index (χ2v) is 7.11. The van der Waals surface area contributed by atoms with Gasteiger partial charge < -0.3 is 19.3 Å². The van der Waals surface area contributed by atoms with Gasteiger partial charge in [0.15, 0.2) is 0 Å². The zero-order valence-electron chi connectivity index (χ0n) is 16.3. The predicted octanol–water partition coefficient (Wildman–Crippen LogP) is -0.697. The van der Waals surface area contributed by atoms with E-state index >= 15 is 0 Å². The maximum Gasteiger partial charge on any atom is 0.416 e. The van der Waals surface area contributed by atoms with Gasteiger partial charge in [0.2, 0.25) is 17.7 Å². The van der Waals surface area contributed by atoms with Gasteiger partial charge in [-0.25, -0.2) is 29.1 Å². The summed E-state index contributed by atoms with van der Waals surface area (Å²) < 4.78 is 14.3. The Bertz CT molecular complexity index is 856. The van der Waals surface area contributed by atoms with Crippen molar-refractivity contribution in [2.45, 2.75) is 44.3 Å². The van der Waals surface area contributed by atoms with E-state index < -0.39 is 79.4 Å². The number of hydrogen-bond acceptors (Lipinski definition) is 10. The van der Waals surface area contributed by atoms with Gasteiger partial charge in [-0.15, -0.1) is 0 Å². The van der Waals surface area contributed by atoms with Crippen LogP contribution in [-0.4, -0.2) is 99.7 Å². The second kappa shape index (κ2) is 8.57. The summed E-state index contributed by atoms with van der Waals surface area (Å²) in [5.41, 5.74) is 0. The lowest BCUT2D eigenvalue weighted by atomic mass is 10.1. The lowest BCUT2D eigenvalue weighted by Crippen LogP contribution is -2.47. The number of imide groups is 3. The maximum absolute atomic E-state index is 12.7. The maximum atomic E-state index is 12.7. The Morgan fingerprint density at radius 3 is 1.48 bits per heavy atom. The Morgan fingerprint density at radius 2 is 1.10 bits per heavy atom. The number of carboxylic acids is 1. The van der Waals surface area contributed by atoms with Crippen LogP contribution in [0.15, 0.2) is 0 Å². The van der Waals surface area contributed by atoms with Crippen molar-refractivity contribution in [2.24, 2.45) is 0 Å². The molecule has 14 heteroatoms. The van der Waals surface area contributed by atoms with Crippen molar-refractivity contribution in [1.82, 2.24) is 14.7 Å². The zero-order chi connectivity index (χ0) is 22.9. The Kier molecular flexibility index (Phi) is 6.08. The SMILES string of the molecule is CC(=O)N1C(=O)OC[C@@H]1CC(=O)N1C(=O)OC[C@@H]1CC(=O)N1C(=O)OC[C@@H]1CC(=O)O. The van der Waals surface area contributed by atoms with Crippen LogP contribution in [0.3, 0.4) is 0 Å². The molecule has 3 saturated heterocycles. The molecule has 14 nitrogen and oxygen atoms in total. The quantitative estimate of drug-likeness (QED) is 0.516. The summed E-state index contributed by atoms with van der Waals surface area (Å²) in [5.74, 6) is -3.51. The summed E-state index contributed by atoms with van der Waals surface area (Å²) in [7, 11) is 0. The second-order valence-electron chi connectivity index (χ2n) is 7.11. The molecule has 3 fully saturated rings. The Hall–Kier alpha value is -3.71. The first kappa shape index (κ1) is 22.0. The molecule has 31 heavy (non-hydrogen) atoms. The number of ether oxygens (including phenoxy) is 3. The van der Waals surface area contributed by atoms with Crippen molar-refractivity contribution in [1.29, 1.82) is 0 Å². The number of rotatable bonds is 6. The van der Waals surface area contributed by atoms with Crippen LogP contribution in [-0.2, 0) is 33.4 Å². The largest absolute Gasteiger partial charge is 0.481 e. The number of aliphatic carboxylic acids is 1. The highest BCUT2D eigenvalue weighted by atomic mass is 16.6. The van der Waals surface area contributed by atoms with Gasteiger partial charge in [0, 0.05) is 6.92 Å². The molecule has 3 aliphatic rings. The summed E-state index contributed by atoms with van der Waals surface area (Å²) in [4.78, 5) is 85.5. The number of amides is 6. The number of carbonyl (C=O) groups excluding carboxylic acids is 6. The number of nitrogens with zero attached hydrogens (tertiary/aromatic N) is 3. The fourth-order valence-corrected chi connectivity index (χ4v) is 3.63. The van der Waals surface area contributed by atoms with Gasteiger partial charge >= 0.3 is 24.2 Å². The van der Waals surface area contributed by atoms with Crippen LogP contribution in [0, 0.1) is 0 Å². The Labute approximate surface area is 174 Å². The minimum Gasteiger partial charge on any atom is -0.481 e. The molecule has 3 atom stereocenters. The van der Waals surface area contributed by atoms with E-state index in [0.717, 1.165) is 11.8 Å². The van der Waals surface area contributed by atoms with Gasteiger partial charge in [-0.2, -0.15) is 0 Å². The van der Waals surface area contributed by atoms with Crippen LogP contribution in [0.1, 0.15) is 26.2 Å². The highest BCUT2D eigenvalue weighted by Gasteiger charge is 2.46. The minimum absolute atomic E-state index is 0.229. The summed E-state index contributed by atoms with van der Waals surface area (Å²) in [6.45, 7) is 0.293. The van der Waals surface area contributed by atoms with Crippen molar-refractivity contribution < 1.29 is 52.9 Å². The van der Waals surface area contributed by atoms with Crippen LogP contribution in [0.2, 0.25) is 0 Å². The summed E-state index contributed by atoms with van der Waals surface area (Å²) >= 11 is 0. The molecule has 6 amide bonds. The average molecular weight is 441 g/mol. The van der Waals surface area contributed by atoms with E-state index in [2.05, 4.69) is 0 Å². The molecular weight excluding hydrogens is 422 g/mol. The lowest BCUT2D eigenvalue weighted by Gasteiger charge is -2.24. The van der Waals surface area contributed by atoms with E-state index in [9.17, 15) is 33.6 Å². The number of cyclic esters (lactones) is 3. The fourth-order valence-electron chi connectivity index (χ4n) is 3.63. The average Bonchev–Trinajstić information content (AvgIpc) is 3.32. The van der Waals surface area contributed by atoms with Gasteiger partial charge in [-0.05, 0) is 0 Å². The third-order valence-corrected chi connectivity index (χ3v) is 4.99. The van der Waals surface area contributed by atoms with Crippen molar-refractivity contribution >= 4 is 42.0 Å². The fraction of sp³-hybridized carbons (Fsp3) is 0.588. The highest BCUT2D eigenvalue weighted by Crippen LogP contribution is 2.24. The Balaban J connectivity index is 1.68. The van der Waals surface area contributed by atoms with Gasteiger partial charge in [0.1, 0.15) is 19.8 Å². The van der Waals surface area contributed by atoms with Crippen molar-refractivity contribution in [2.75, 3.05) is 19.8 Å². The molecule has 168 valence electrons. The molecule has 0 aliphatic carbocycles. The first-order valence-corrected chi connectivity index (χ1v) is 9.26. The molecule has 3 rings (SSSR count). The Morgan fingerprint density at radius 1 is 0.742 bits per heavy atom. The van der Waals surface area contributed by atoms with E-state index in [4.69, 9.17) is 19.3 Å². The van der Waals surface area contributed by atoms with E-state index in [1.807, 2.05) is 0 Å². The van der Waals surface area contributed by atoms with Crippen LogP contribution >= 0.6 is 0 Å². The first-order chi connectivity index (χ1) is 14.6. The van der Waals surface area contributed by atoms with Crippen LogP contribution in [0.5, 0.6) is 0 Å². The van der Waals surface area contributed by atoms with Crippen molar-refractivity contribution in [3.05, 3.63) is 0 Å².